The molecule has 2 heterocycles. The van der Waals surface area contributed by atoms with Gasteiger partial charge in [0.15, 0.2) is 26.5 Å². The zero-order valence-corrected chi connectivity index (χ0v) is 15.4. The van der Waals surface area contributed by atoms with E-state index < -0.39 is 21.8 Å². The molecule has 0 aliphatic carbocycles. The van der Waals surface area contributed by atoms with Gasteiger partial charge in [-0.05, 0) is 30.7 Å². The molecule has 3 aromatic rings. The third-order valence-electron chi connectivity index (χ3n) is 3.51. The van der Waals surface area contributed by atoms with Gasteiger partial charge in [0, 0.05) is 16.8 Å². The van der Waals surface area contributed by atoms with Crippen molar-refractivity contribution in [2.45, 2.75) is 18.1 Å². The molecule has 0 radical (unpaired) electrons. The highest BCUT2D eigenvalue weighted by Crippen LogP contribution is 2.31. The third-order valence-corrected chi connectivity index (χ3v) is 4.90. The molecule has 0 amide bonds. The van der Waals surface area contributed by atoms with E-state index in [-0.39, 0.29) is 22.2 Å². The molecule has 0 unspecified atom stereocenters. The minimum atomic E-state index is -4.78. The summed E-state index contributed by atoms with van der Waals surface area (Å²) in [6, 6.07) is 6.94. The first-order valence-corrected chi connectivity index (χ1v) is 9.58. The lowest BCUT2D eigenvalue weighted by Gasteiger charge is -2.06. The molecule has 0 aliphatic rings. The van der Waals surface area contributed by atoms with E-state index in [4.69, 9.17) is 11.6 Å². The zero-order chi connectivity index (χ0) is 20.0. The van der Waals surface area contributed by atoms with E-state index in [2.05, 4.69) is 20.3 Å². The lowest BCUT2D eigenvalue weighted by molar-refractivity contribution is -0.144. The average Bonchev–Trinajstić information content (AvgIpc) is 3.02. The normalized spacial score (nSPS) is 12.4. The van der Waals surface area contributed by atoms with Crippen molar-refractivity contribution in [2.24, 2.45) is 0 Å². The van der Waals surface area contributed by atoms with Gasteiger partial charge in [0.2, 0.25) is 0 Å². The van der Waals surface area contributed by atoms with E-state index in [9.17, 15) is 21.6 Å². The largest absolute Gasteiger partial charge is 0.453 e. The number of rotatable bonds is 3. The Labute approximate surface area is 156 Å². The molecule has 0 atom stereocenters. The van der Waals surface area contributed by atoms with Crippen molar-refractivity contribution in [2.75, 3.05) is 6.26 Å². The van der Waals surface area contributed by atoms with Crippen LogP contribution in [0.1, 0.15) is 11.4 Å². The highest BCUT2D eigenvalue weighted by atomic mass is 35.5. The van der Waals surface area contributed by atoms with Crippen LogP contribution >= 0.6 is 11.6 Å². The first-order valence-electron chi connectivity index (χ1n) is 7.32. The Morgan fingerprint density at radius 3 is 2.33 bits per heavy atom. The summed E-state index contributed by atoms with van der Waals surface area (Å²) < 4.78 is 63.1. The summed E-state index contributed by atoms with van der Waals surface area (Å²) in [7, 11) is -3.61. The molecule has 0 aliphatic heterocycles. The van der Waals surface area contributed by atoms with Gasteiger partial charge in [0.25, 0.3) is 5.82 Å². The summed E-state index contributed by atoms with van der Waals surface area (Å²) >= 11 is 6.06. The van der Waals surface area contributed by atoms with Gasteiger partial charge in [0.1, 0.15) is 0 Å². The van der Waals surface area contributed by atoms with Crippen LogP contribution in [-0.2, 0) is 16.0 Å². The maximum absolute atomic E-state index is 13.1. The van der Waals surface area contributed by atoms with Crippen LogP contribution in [0.4, 0.5) is 13.2 Å². The summed E-state index contributed by atoms with van der Waals surface area (Å²) in [6.07, 6.45) is -3.84. The number of sulfone groups is 1. The van der Waals surface area contributed by atoms with E-state index in [1.165, 1.54) is 12.1 Å². The third kappa shape index (κ3) is 3.93. The number of aryl methyl sites for hydroxylation is 1. The molecule has 12 heteroatoms. The molecule has 142 valence electrons. The SMILES string of the molecule is Cc1ccc(-c2nc(C(F)(F)F)nn2-c2ccc(S(C)(=O)=O)nn2)cc1Cl. The van der Waals surface area contributed by atoms with Crippen molar-refractivity contribution in [1.29, 1.82) is 0 Å². The Hall–Kier alpha value is -2.53. The summed E-state index contributed by atoms with van der Waals surface area (Å²) in [4.78, 5) is 3.55. The summed E-state index contributed by atoms with van der Waals surface area (Å²) in [5, 5.41) is 10.7. The predicted molar refractivity (Wildman–Crippen MR) is 90.2 cm³/mol. The van der Waals surface area contributed by atoms with Crippen molar-refractivity contribution in [3.63, 3.8) is 0 Å². The second-order valence-electron chi connectivity index (χ2n) is 5.63. The number of halogens is 4. The summed E-state index contributed by atoms with van der Waals surface area (Å²) in [5.41, 5.74) is 1.02. The van der Waals surface area contributed by atoms with Crippen molar-refractivity contribution >= 4 is 21.4 Å². The van der Waals surface area contributed by atoms with E-state index in [0.717, 1.165) is 22.6 Å². The summed E-state index contributed by atoms with van der Waals surface area (Å²) in [6.45, 7) is 1.74. The quantitative estimate of drug-likeness (QED) is 0.650. The van der Waals surface area contributed by atoms with Gasteiger partial charge in [-0.15, -0.1) is 15.3 Å². The van der Waals surface area contributed by atoms with Crippen LogP contribution in [0.3, 0.4) is 0 Å². The number of nitrogens with zero attached hydrogens (tertiary/aromatic N) is 5. The van der Waals surface area contributed by atoms with Crippen LogP contribution in [0.25, 0.3) is 17.2 Å². The first kappa shape index (κ1) is 19.2. The van der Waals surface area contributed by atoms with Crippen LogP contribution in [0.15, 0.2) is 35.4 Å². The molecule has 0 saturated heterocycles. The number of aromatic nitrogens is 5. The number of alkyl halides is 3. The fourth-order valence-corrected chi connectivity index (χ4v) is 2.82. The van der Waals surface area contributed by atoms with E-state index in [0.29, 0.717) is 5.02 Å². The fourth-order valence-electron chi connectivity index (χ4n) is 2.13. The Bertz CT molecular complexity index is 1110. The van der Waals surface area contributed by atoms with Crippen molar-refractivity contribution in [3.05, 3.63) is 46.7 Å². The predicted octanol–water partition coefficient (Wildman–Crippen LogP) is 3.11. The van der Waals surface area contributed by atoms with E-state index >= 15 is 0 Å². The minimum absolute atomic E-state index is 0.128. The van der Waals surface area contributed by atoms with Crippen molar-refractivity contribution in [1.82, 2.24) is 25.0 Å². The highest BCUT2D eigenvalue weighted by Gasteiger charge is 2.37. The molecule has 0 saturated carbocycles. The Balaban J connectivity index is 2.19. The van der Waals surface area contributed by atoms with Gasteiger partial charge in [-0.2, -0.15) is 17.9 Å². The first-order chi connectivity index (χ1) is 12.5. The van der Waals surface area contributed by atoms with Crippen LogP contribution in [0.2, 0.25) is 5.02 Å². The van der Waals surface area contributed by atoms with Gasteiger partial charge in [-0.3, -0.25) is 0 Å². The average molecular weight is 418 g/mol. The van der Waals surface area contributed by atoms with Gasteiger partial charge in [0.05, 0.1) is 0 Å². The molecule has 0 spiro atoms. The van der Waals surface area contributed by atoms with Gasteiger partial charge in [-0.25, -0.2) is 13.4 Å². The lowest BCUT2D eigenvalue weighted by atomic mass is 10.1. The minimum Gasteiger partial charge on any atom is -0.222 e. The van der Waals surface area contributed by atoms with Crippen LogP contribution in [0.5, 0.6) is 0 Å². The number of hydrogen-bond acceptors (Lipinski definition) is 6. The Morgan fingerprint density at radius 1 is 1.11 bits per heavy atom. The smallest absolute Gasteiger partial charge is 0.222 e. The second-order valence-corrected chi connectivity index (χ2v) is 8.00. The lowest BCUT2D eigenvalue weighted by Crippen LogP contribution is -2.10. The van der Waals surface area contributed by atoms with Gasteiger partial charge < -0.3 is 0 Å². The fraction of sp³-hybridized carbons (Fsp3) is 0.200. The maximum atomic E-state index is 13.1. The molecular formula is C15H11ClF3N5O2S. The Morgan fingerprint density at radius 2 is 1.81 bits per heavy atom. The van der Waals surface area contributed by atoms with Crippen LogP contribution in [0, 0.1) is 6.92 Å². The maximum Gasteiger partial charge on any atom is 0.453 e. The molecule has 0 bridgehead atoms. The van der Waals surface area contributed by atoms with Crippen LogP contribution < -0.4 is 0 Å². The highest BCUT2D eigenvalue weighted by molar-refractivity contribution is 7.90. The zero-order valence-electron chi connectivity index (χ0n) is 13.9. The molecule has 0 fully saturated rings. The topological polar surface area (TPSA) is 90.6 Å². The van der Waals surface area contributed by atoms with E-state index in [1.54, 1.807) is 19.1 Å². The standard InChI is InChI=1S/C15H11ClF3N5O2S/c1-8-3-4-9(7-10(8)16)13-20-14(15(17,18)19)23-24(13)11-5-6-12(22-21-11)27(2,25)26/h3-7H,1-2H3. The molecule has 1 aromatic carbocycles. The number of hydrogen-bond donors (Lipinski definition) is 0. The van der Waals surface area contributed by atoms with Crippen LogP contribution in [-0.4, -0.2) is 39.6 Å². The van der Waals surface area contributed by atoms with E-state index in [1.807, 2.05) is 0 Å². The monoisotopic (exact) mass is 417 g/mol. The van der Waals surface area contributed by atoms with Crippen molar-refractivity contribution in [3.8, 4) is 17.2 Å². The molecule has 27 heavy (non-hydrogen) atoms. The molecule has 7 nitrogen and oxygen atoms in total. The Kier molecular flexibility index (Phi) is 4.68. The molecule has 3 rings (SSSR count). The van der Waals surface area contributed by atoms with Gasteiger partial charge in [-0.1, -0.05) is 23.7 Å². The van der Waals surface area contributed by atoms with Crippen molar-refractivity contribution < 1.29 is 21.6 Å². The van der Waals surface area contributed by atoms with Gasteiger partial charge >= 0.3 is 6.18 Å². The number of benzene rings is 1. The second kappa shape index (κ2) is 6.57. The molecule has 2 aromatic heterocycles. The molecule has 0 N–H and O–H groups in total. The summed E-state index contributed by atoms with van der Waals surface area (Å²) in [5.74, 6) is -1.66. The molecular weight excluding hydrogens is 407 g/mol.